The summed E-state index contributed by atoms with van der Waals surface area (Å²) in [5.74, 6) is 1.37. The Bertz CT molecular complexity index is 1450. The number of aromatic nitrogens is 2. The van der Waals surface area contributed by atoms with Gasteiger partial charge in [0.15, 0.2) is 0 Å². The molecule has 0 spiro atoms. The zero-order valence-corrected chi connectivity index (χ0v) is 26.4. The number of piperidine rings is 1. The number of thiophene rings is 1. The lowest BCUT2D eigenvalue weighted by atomic mass is 9.90. The molecule has 1 saturated heterocycles. The van der Waals surface area contributed by atoms with Crippen molar-refractivity contribution < 1.29 is 9.59 Å². The lowest BCUT2D eigenvalue weighted by molar-refractivity contribution is -0.120. The van der Waals surface area contributed by atoms with Crippen molar-refractivity contribution in [3.8, 4) is 0 Å². The fraction of sp³-hybridized carbons (Fsp3) is 0.457. The van der Waals surface area contributed by atoms with Gasteiger partial charge in [-0.1, -0.05) is 50.2 Å². The van der Waals surface area contributed by atoms with E-state index in [2.05, 4.69) is 81.8 Å². The first-order valence-corrected chi connectivity index (χ1v) is 16.8. The molecule has 0 atom stereocenters. The summed E-state index contributed by atoms with van der Waals surface area (Å²) < 4.78 is 2.34. The van der Waals surface area contributed by atoms with Crippen LogP contribution >= 0.6 is 11.3 Å². The monoisotopic (exact) mass is 599 g/mol. The van der Waals surface area contributed by atoms with Gasteiger partial charge < -0.3 is 20.1 Å². The lowest BCUT2D eigenvalue weighted by Crippen LogP contribution is -2.39. The van der Waals surface area contributed by atoms with Crippen LogP contribution in [-0.4, -0.2) is 59.0 Å². The predicted octanol–water partition coefficient (Wildman–Crippen LogP) is 6.24. The first-order chi connectivity index (χ1) is 21.0. The Hall–Kier alpha value is -3.49. The summed E-state index contributed by atoms with van der Waals surface area (Å²) in [4.78, 5) is 34.1. The molecular formula is C35H45N5O2S. The van der Waals surface area contributed by atoms with Crippen molar-refractivity contribution in [1.82, 2.24) is 25.1 Å². The Morgan fingerprint density at radius 1 is 1.00 bits per heavy atom. The quantitative estimate of drug-likeness (QED) is 0.168. The molecular weight excluding hydrogens is 554 g/mol. The zero-order chi connectivity index (χ0) is 30.0. The number of rotatable bonds is 14. The summed E-state index contributed by atoms with van der Waals surface area (Å²) in [6.07, 6.45) is 7.35. The number of likely N-dealkylation sites (tertiary alicyclic amines) is 1. The van der Waals surface area contributed by atoms with Crippen LogP contribution in [0.15, 0.2) is 66.0 Å². The third kappa shape index (κ3) is 8.33. The molecule has 8 heteroatoms. The molecule has 2 amide bonds. The van der Waals surface area contributed by atoms with Gasteiger partial charge in [0, 0.05) is 29.4 Å². The van der Waals surface area contributed by atoms with E-state index in [0.717, 1.165) is 68.1 Å². The van der Waals surface area contributed by atoms with Gasteiger partial charge in [0.2, 0.25) is 5.91 Å². The molecule has 2 N–H and O–H groups in total. The maximum Gasteiger partial charge on any atom is 0.251 e. The summed E-state index contributed by atoms with van der Waals surface area (Å²) in [7, 11) is 0. The van der Waals surface area contributed by atoms with Crippen LogP contribution in [0.2, 0.25) is 0 Å². The molecule has 2 aromatic heterocycles. The van der Waals surface area contributed by atoms with Gasteiger partial charge in [-0.15, -0.1) is 11.3 Å². The summed E-state index contributed by atoms with van der Waals surface area (Å²) in [5.41, 5.74) is 3.82. The molecule has 0 aliphatic carbocycles. The van der Waals surface area contributed by atoms with Gasteiger partial charge in [0.1, 0.15) is 5.82 Å². The van der Waals surface area contributed by atoms with Crippen LogP contribution < -0.4 is 10.6 Å². The van der Waals surface area contributed by atoms with E-state index in [1.54, 1.807) is 11.3 Å². The van der Waals surface area contributed by atoms with Crippen molar-refractivity contribution in [2.45, 2.75) is 64.8 Å². The highest BCUT2D eigenvalue weighted by Crippen LogP contribution is 2.28. The Morgan fingerprint density at radius 3 is 2.51 bits per heavy atom. The van der Waals surface area contributed by atoms with Crippen molar-refractivity contribution in [3.05, 3.63) is 87.9 Å². The summed E-state index contributed by atoms with van der Waals surface area (Å²) in [5, 5.41) is 7.84. The Morgan fingerprint density at radius 2 is 1.79 bits per heavy atom. The third-order valence-corrected chi connectivity index (χ3v) is 9.58. The van der Waals surface area contributed by atoms with Gasteiger partial charge in [0.25, 0.3) is 5.91 Å². The van der Waals surface area contributed by atoms with Gasteiger partial charge in [-0.25, -0.2) is 4.98 Å². The number of imidazole rings is 1. The molecule has 0 radical (unpaired) electrons. The van der Waals surface area contributed by atoms with Crippen LogP contribution in [0.4, 0.5) is 0 Å². The summed E-state index contributed by atoms with van der Waals surface area (Å²) in [6, 6.07) is 21.0. The maximum absolute atomic E-state index is 12.9. The Labute approximate surface area is 259 Å². The Kier molecular flexibility index (Phi) is 11.0. The summed E-state index contributed by atoms with van der Waals surface area (Å²) in [6.45, 7) is 8.23. The SMILES string of the molecule is CCC(CC)n1c(Cc2cccs2)nc2cc(C(=O)NCC(=O)NCCCN3CCC(Cc4ccccc4)CC3)ccc21. The molecule has 0 bridgehead atoms. The number of carbonyl (C=O) groups is 2. The van der Waals surface area contributed by atoms with E-state index in [-0.39, 0.29) is 18.4 Å². The fourth-order valence-electron chi connectivity index (χ4n) is 6.26. The van der Waals surface area contributed by atoms with Crippen LogP contribution in [0, 0.1) is 5.92 Å². The van der Waals surface area contributed by atoms with Crippen LogP contribution in [0.3, 0.4) is 0 Å². The molecule has 1 aliphatic rings. The van der Waals surface area contributed by atoms with E-state index in [1.165, 1.54) is 29.7 Å². The number of hydrogen-bond donors (Lipinski definition) is 2. The zero-order valence-electron chi connectivity index (χ0n) is 25.6. The summed E-state index contributed by atoms with van der Waals surface area (Å²) >= 11 is 1.74. The number of fused-ring (bicyclic) bond motifs is 1. The maximum atomic E-state index is 12.9. The average molecular weight is 600 g/mol. The first-order valence-electron chi connectivity index (χ1n) is 15.9. The largest absolute Gasteiger partial charge is 0.355 e. The van der Waals surface area contributed by atoms with Crippen molar-refractivity contribution in [1.29, 1.82) is 0 Å². The average Bonchev–Trinajstić information content (AvgIpc) is 3.68. The second kappa shape index (κ2) is 15.3. The molecule has 228 valence electrons. The highest BCUT2D eigenvalue weighted by atomic mass is 32.1. The van der Waals surface area contributed by atoms with Crippen LogP contribution in [-0.2, 0) is 17.6 Å². The van der Waals surface area contributed by atoms with Crippen molar-refractivity contribution in [2.24, 2.45) is 5.92 Å². The number of carbonyl (C=O) groups excluding carboxylic acids is 2. The topological polar surface area (TPSA) is 79.3 Å². The van der Waals surface area contributed by atoms with E-state index in [0.29, 0.717) is 18.2 Å². The van der Waals surface area contributed by atoms with Crippen molar-refractivity contribution >= 4 is 34.2 Å². The number of amides is 2. The minimum atomic E-state index is -0.257. The molecule has 1 aliphatic heterocycles. The minimum Gasteiger partial charge on any atom is -0.355 e. The third-order valence-electron chi connectivity index (χ3n) is 8.70. The van der Waals surface area contributed by atoms with E-state index in [1.807, 2.05) is 18.2 Å². The van der Waals surface area contributed by atoms with Crippen LogP contribution in [0.25, 0.3) is 11.0 Å². The fourth-order valence-corrected chi connectivity index (χ4v) is 6.96. The molecule has 0 saturated carbocycles. The highest BCUT2D eigenvalue weighted by molar-refractivity contribution is 7.09. The molecule has 4 aromatic rings. The number of nitrogens with one attached hydrogen (secondary N) is 2. The van der Waals surface area contributed by atoms with Gasteiger partial charge in [0.05, 0.1) is 17.6 Å². The smallest absolute Gasteiger partial charge is 0.251 e. The van der Waals surface area contributed by atoms with Gasteiger partial charge in [-0.2, -0.15) is 0 Å². The van der Waals surface area contributed by atoms with Gasteiger partial charge >= 0.3 is 0 Å². The first kappa shape index (κ1) is 31.0. The van der Waals surface area contributed by atoms with Crippen LogP contribution in [0.5, 0.6) is 0 Å². The van der Waals surface area contributed by atoms with Crippen molar-refractivity contribution in [2.75, 3.05) is 32.7 Å². The Balaban J connectivity index is 1.06. The van der Waals surface area contributed by atoms with E-state index < -0.39 is 0 Å². The molecule has 7 nitrogen and oxygen atoms in total. The number of hydrogen-bond acceptors (Lipinski definition) is 5. The normalized spacial score (nSPS) is 14.4. The second-order valence-corrected chi connectivity index (χ2v) is 12.7. The van der Waals surface area contributed by atoms with Gasteiger partial charge in [-0.05, 0) is 99.3 Å². The number of benzene rings is 2. The van der Waals surface area contributed by atoms with Gasteiger partial charge in [-0.3, -0.25) is 9.59 Å². The lowest BCUT2D eigenvalue weighted by Gasteiger charge is -2.32. The van der Waals surface area contributed by atoms with E-state index in [9.17, 15) is 9.59 Å². The van der Waals surface area contributed by atoms with Crippen molar-refractivity contribution in [3.63, 3.8) is 0 Å². The number of nitrogens with zero attached hydrogens (tertiary/aromatic N) is 3. The van der Waals surface area contributed by atoms with E-state index in [4.69, 9.17) is 4.98 Å². The second-order valence-electron chi connectivity index (χ2n) is 11.7. The highest BCUT2D eigenvalue weighted by Gasteiger charge is 2.20. The minimum absolute atomic E-state index is 0.0342. The molecule has 2 aromatic carbocycles. The van der Waals surface area contributed by atoms with E-state index >= 15 is 0 Å². The molecule has 43 heavy (non-hydrogen) atoms. The standard InChI is InChI=1S/C35H45N5O2S/c1-3-29(4-2)40-32-14-13-28(23-31(32)38-33(40)24-30-12-8-21-43-30)35(42)37-25-34(41)36-17-9-18-39-19-15-27(16-20-39)22-26-10-6-5-7-11-26/h5-8,10-14,21,23,27,29H,3-4,9,15-20,22,24-25H2,1-2H3,(H,36,41)(H,37,42). The molecule has 1 fully saturated rings. The molecule has 5 rings (SSSR count). The van der Waals surface area contributed by atoms with Crippen LogP contribution in [0.1, 0.15) is 78.6 Å². The predicted molar refractivity (Wildman–Crippen MR) is 176 cm³/mol. The molecule has 0 unspecified atom stereocenters. The molecule has 3 heterocycles.